The number of carbonyl (C=O) groups is 1. The molecule has 1 unspecified atom stereocenters. The van der Waals surface area contributed by atoms with E-state index in [9.17, 15) is 53.8 Å². The Morgan fingerprint density at radius 2 is 1.75 bits per heavy atom. The molecular weight excluding hydrogens is 598 g/mol. The number of alkyl halides is 9. The van der Waals surface area contributed by atoms with Gasteiger partial charge in [-0.2, -0.15) is 39.5 Å². The predicted octanol–water partition coefficient (Wildman–Crippen LogP) is 3.87. The normalized spacial score (nSPS) is 16.4. The molecule has 0 radical (unpaired) electrons. The highest BCUT2D eigenvalue weighted by molar-refractivity contribution is 7.99. The first-order valence-corrected chi connectivity index (χ1v) is 11.4. The third kappa shape index (κ3) is 6.40. The first kappa shape index (κ1) is 30.9. The summed E-state index contributed by atoms with van der Waals surface area (Å²) in [5.41, 5.74) is -8.32. The van der Waals surface area contributed by atoms with Crippen LogP contribution in [0.25, 0.3) is 0 Å². The summed E-state index contributed by atoms with van der Waals surface area (Å²) >= 11 is 0.787. The first-order valence-electron chi connectivity index (χ1n) is 10.4. The van der Waals surface area contributed by atoms with E-state index in [1.165, 1.54) is 0 Å². The number of amidine groups is 1. The van der Waals surface area contributed by atoms with Crippen molar-refractivity contribution in [2.75, 3.05) is 17.6 Å². The summed E-state index contributed by atoms with van der Waals surface area (Å²) in [6, 6.07) is 1.88. The van der Waals surface area contributed by atoms with Gasteiger partial charge in [0.2, 0.25) is 0 Å². The van der Waals surface area contributed by atoms with Crippen molar-refractivity contribution >= 4 is 34.9 Å². The van der Waals surface area contributed by atoms with Crippen LogP contribution in [-0.4, -0.2) is 69.2 Å². The Morgan fingerprint density at radius 1 is 1.10 bits per heavy atom. The molecule has 0 aliphatic carbocycles. The number of hydrogen-bond donors (Lipinski definition) is 4. The zero-order valence-corrected chi connectivity index (χ0v) is 19.9. The van der Waals surface area contributed by atoms with Gasteiger partial charge in [0.1, 0.15) is 11.5 Å². The number of amides is 1. The predicted molar refractivity (Wildman–Crippen MR) is 114 cm³/mol. The fourth-order valence-corrected chi connectivity index (χ4v) is 3.89. The minimum Gasteiger partial charge on any atom is -0.388 e. The Morgan fingerprint density at radius 3 is 2.35 bits per heavy atom. The molecule has 1 aromatic heterocycles. The zero-order valence-electron chi connectivity index (χ0n) is 19.1. The fraction of sp³-hybridized carbons (Fsp3) is 0.421. The summed E-state index contributed by atoms with van der Waals surface area (Å²) in [7, 11) is 0. The number of hydrogen-bond acceptors (Lipinski definition) is 9. The quantitative estimate of drug-likeness (QED) is 0.116. The lowest BCUT2D eigenvalue weighted by atomic mass is 9.91. The molecule has 40 heavy (non-hydrogen) atoms. The van der Waals surface area contributed by atoms with Gasteiger partial charge in [-0.25, -0.2) is 9.02 Å². The maximum Gasteiger partial charge on any atom is 0.430 e. The topological polar surface area (TPSA) is 146 Å². The molecule has 21 heteroatoms. The Kier molecular flexibility index (Phi) is 8.58. The number of rotatable bonds is 8. The molecule has 220 valence electrons. The molecular formula is C19H14F10N6O4S. The molecule has 0 fully saturated rings. The molecule has 0 saturated heterocycles. The third-order valence-corrected chi connectivity index (χ3v) is 6.07. The van der Waals surface area contributed by atoms with Crippen LogP contribution in [0.3, 0.4) is 0 Å². The van der Waals surface area contributed by atoms with Crippen molar-refractivity contribution in [3.05, 3.63) is 35.3 Å². The van der Waals surface area contributed by atoms with Crippen molar-refractivity contribution < 1.29 is 63.3 Å². The maximum atomic E-state index is 13.4. The SMILES string of the molecule is N=C(Nc1ccc(F)c(C(F)(F)F)c1)c1nonc1SCCNC(=O)C1=NOC(C(O)(C(F)(F)F)C(F)(F)F)C1. The van der Waals surface area contributed by atoms with Crippen LogP contribution in [0.1, 0.15) is 17.7 Å². The van der Waals surface area contributed by atoms with Gasteiger partial charge in [-0.15, -0.1) is 0 Å². The Bertz CT molecular complexity index is 1280. The number of nitrogens with one attached hydrogen (secondary N) is 3. The number of halogens is 10. The van der Waals surface area contributed by atoms with Gasteiger partial charge in [0.05, 0.1) is 5.56 Å². The highest BCUT2D eigenvalue weighted by Gasteiger charge is 2.76. The lowest BCUT2D eigenvalue weighted by Crippen LogP contribution is -2.64. The standard InChI is InChI=1S/C19H14F10N6O4S/c20-9-2-1-7(5-8(9)17(21,22)23)32-13(30)12-15(35-39-34-12)40-4-3-31-14(36)10-6-11(38-33-10)16(37,18(24,25)26)19(27,28)29/h1-2,5,11,37H,3-4,6H2,(H2,30,32)(H,31,36). The molecule has 1 aliphatic rings. The molecule has 0 spiro atoms. The van der Waals surface area contributed by atoms with E-state index in [2.05, 4.69) is 35.6 Å². The van der Waals surface area contributed by atoms with E-state index in [0.29, 0.717) is 12.1 Å². The second-order valence-corrected chi connectivity index (χ2v) is 8.90. The van der Waals surface area contributed by atoms with Crippen LogP contribution in [0.2, 0.25) is 0 Å². The van der Waals surface area contributed by atoms with Gasteiger partial charge in [-0.1, -0.05) is 16.9 Å². The Labute approximate surface area is 219 Å². The van der Waals surface area contributed by atoms with Crippen LogP contribution in [0.15, 0.2) is 33.0 Å². The number of benzene rings is 1. The summed E-state index contributed by atoms with van der Waals surface area (Å²) < 4.78 is 134. The Hall–Kier alpha value is -3.62. The molecule has 1 aliphatic heterocycles. The van der Waals surface area contributed by atoms with Gasteiger partial charge in [0.25, 0.3) is 11.5 Å². The number of anilines is 1. The van der Waals surface area contributed by atoms with Crippen molar-refractivity contribution in [3.63, 3.8) is 0 Å². The second-order valence-electron chi connectivity index (χ2n) is 7.81. The van der Waals surface area contributed by atoms with E-state index in [0.717, 1.165) is 17.8 Å². The average molecular weight is 612 g/mol. The summed E-state index contributed by atoms with van der Waals surface area (Å²) in [4.78, 5) is 16.2. The summed E-state index contributed by atoms with van der Waals surface area (Å²) in [5, 5.41) is 31.5. The van der Waals surface area contributed by atoms with E-state index in [4.69, 9.17) is 5.41 Å². The number of aromatic nitrogens is 2. The monoisotopic (exact) mass is 612 g/mol. The summed E-state index contributed by atoms with van der Waals surface area (Å²) in [5.74, 6) is -3.41. The third-order valence-electron chi connectivity index (χ3n) is 5.12. The highest BCUT2D eigenvalue weighted by Crippen LogP contribution is 2.48. The average Bonchev–Trinajstić information content (AvgIpc) is 3.50. The molecule has 1 aromatic carbocycles. The summed E-state index contributed by atoms with van der Waals surface area (Å²) in [6.07, 6.45) is -21.6. The van der Waals surface area contributed by atoms with E-state index in [-0.39, 0.29) is 28.7 Å². The highest BCUT2D eigenvalue weighted by atomic mass is 32.2. The Balaban J connectivity index is 1.54. The first-order chi connectivity index (χ1) is 18.4. The van der Waals surface area contributed by atoms with Crippen LogP contribution in [0.5, 0.6) is 0 Å². The van der Waals surface area contributed by atoms with Crippen molar-refractivity contribution in [1.29, 1.82) is 5.41 Å². The zero-order chi connectivity index (χ0) is 30.1. The van der Waals surface area contributed by atoms with Crippen molar-refractivity contribution in [2.45, 2.75) is 41.7 Å². The fourth-order valence-electron chi connectivity index (χ4n) is 3.13. The number of nitrogens with zero attached hydrogens (tertiary/aromatic N) is 3. The molecule has 10 nitrogen and oxygen atoms in total. The molecule has 4 N–H and O–H groups in total. The smallest absolute Gasteiger partial charge is 0.388 e. The molecule has 1 atom stereocenters. The number of aliphatic hydroxyl groups is 1. The van der Waals surface area contributed by atoms with Gasteiger partial charge in [-0.3, -0.25) is 10.2 Å². The van der Waals surface area contributed by atoms with Crippen molar-refractivity contribution in [3.8, 4) is 0 Å². The lowest BCUT2D eigenvalue weighted by Gasteiger charge is -2.35. The molecule has 0 saturated carbocycles. The van der Waals surface area contributed by atoms with Crippen LogP contribution in [0, 0.1) is 11.2 Å². The van der Waals surface area contributed by atoms with Gasteiger partial charge >= 0.3 is 18.5 Å². The van der Waals surface area contributed by atoms with Crippen LogP contribution < -0.4 is 10.6 Å². The van der Waals surface area contributed by atoms with Crippen LogP contribution in [0.4, 0.5) is 49.6 Å². The molecule has 2 aromatic rings. The van der Waals surface area contributed by atoms with Gasteiger partial charge in [0, 0.05) is 24.4 Å². The number of thioether (sulfide) groups is 1. The number of carbonyl (C=O) groups excluding carboxylic acids is 1. The second kappa shape index (κ2) is 11.1. The van der Waals surface area contributed by atoms with E-state index >= 15 is 0 Å². The maximum absolute atomic E-state index is 13.4. The van der Waals surface area contributed by atoms with E-state index in [1.807, 2.05) is 0 Å². The van der Waals surface area contributed by atoms with Crippen molar-refractivity contribution in [2.24, 2.45) is 5.16 Å². The van der Waals surface area contributed by atoms with E-state index < -0.39 is 65.5 Å². The summed E-state index contributed by atoms with van der Waals surface area (Å²) in [6.45, 7) is -0.282. The van der Waals surface area contributed by atoms with Gasteiger partial charge < -0.3 is 20.6 Å². The largest absolute Gasteiger partial charge is 0.430 e. The van der Waals surface area contributed by atoms with Gasteiger partial charge in [0.15, 0.2) is 22.7 Å². The molecule has 0 bridgehead atoms. The molecule has 1 amide bonds. The minimum atomic E-state index is -6.18. The lowest BCUT2D eigenvalue weighted by molar-refractivity contribution is -0.392. The molecule has 2 heterocycles. The minimum absolute atomic E-state index is 0.0817. The van der Waals surface area contributed by atoms with Crippen LogP contribution in [-0.2, 0) is 15.8 Å². The number of oxime groups is 1. The molecule has 3 rings (SSSR count). The van der Waals surface area contributed by atoms with Crippen LogP contribution >= 0.6 is 11.8 Å². The van der Waals surface area contributed by atoms with Crippen molar-refractivity contribution in [1.82, 2.24) is 15.6 Å². The van der Waals surface area contributed by atoms with Gasteiger partial charge in [-0.05, 0) is 28.5 Å². The van der Waals surface area contributed by atoms with E-state index in [1.54, 1.807) is 0 Å².